The molecule has 186 valence electrons. The van der Waals surface area contributed by atoms with E-state index < -0.39 is 5.97 Å². The molecular weight excluding hydrogens is 475 g/mol. The Labute approximate surface area is 258 Å². The number of aromatic carboxylic acids is 1. The molecule has 0 heterocycles. The van der Waals surface area contributed by atoms with Crippen LogP contribution >= 0.6 is 0 Å². The third kappa shape index (κ3) is 12.2. The Morgan fingerprint density at radius 2 is 1.11 bits per heavy atom. The maximum absolute atomic E-state index is 10.9. The summed E-state index contributed by atoms with van der Waals surface area (Å²) in [7, 11) is 0. The molecule has 5 heteroatoms. The minimum absolute atomic E-state index is 0. The molecule has 3 aromatic carbocycles. The Balaban J connectivity index is 0.00000456. The fraction of sp³-hybridized carbons (Fsp3) is 0.387. The minimum Gasteiger partial charge on any atom is -0.545 e. The van der Waals surface area contributed by atoms with Gasteiger partial charge in [0.25, 0.3) is 0 Å². The summed E-state index contributed by atoms with van der Waals surface area (Å²) in [6.07, 6.45) is 11.2. The summed E-state index contributed by atoms with van der Waals surface area (Å²) in [5, 5.41) is 10.9. The van der Waals surface area contributed by atoms with Crippen LogP contribution in [-0.4, -0.2) is 19.2 Å². The summed E-state index contributed by atoms with van der Waals surface area (Å²) >= 11 is 0. The number of rotatable bonds is 17. The van der Waals surface area contributed by atoms with Gasteiger partial charge in [0, 0.05) is 6.61 Å². The Morgan fingerprint density at radius 1 is 0.611 bits per heavy atom. The molecule has 0 bridgehead atoms. The standard InChI is InChI=1S/C31H38O4.K/c32-31(33)29-17-15-27(16-18-29)28-19-21-30(22-20-28)35-24-12-7-5-3-1-2-4-6-11-23-34-25-26-13-9-8-10-14-26;/h8-10,13-22H,1-7,11-12,23-25H2,(H,32,33);/q;+1/p-1. The fourth-order valence-electron chi connectivity index (χ4n) is 4.04. The van der Waals surface area contributed by atoms with E-state index in [9.17, 15) is 9.90 Å². The van der Waals surface area contributed by atoms with Crippen molar-refractivity contribution in [2.45, 2.75) is 64.4 Å². The zero-order chi connectivity index (χ0) is 24.6. The van der Waals surface area contributed by atoms with Gasteiger partial charge in [0.15, 0.2) is 0 Å². The van der Waals surface area contributed by atoms with E-state index in [1.54, 1.807) is 24.3 Å². The molecule has 0 unspecified atom stereocenters. The molecule has 0 N–H and O–H groups in total. The van der Waals surface area contributed by atoms with E-state index >= 15 is 0 Å². The smallest absolute Gasteiger partial charge is 0.545 e. The van der Waals surface area contributed by atoms with Crippen molar-refractivity contribution < 1.29 is 70.8 Å². The molecule has 3 aromatic rings. The molecule has 0 amide bonds. The molecule has 0 saturated heterocycles. The molecule has 0 aliphatic rings. The van der Waals surface area contributed by atoms with Crippen molar-refractivity contribution in [3.05, 3.63) is 90.0 Å². The maximum Gasteiger partial charge on any atom is 1.00 e. The first-order valence-corrected chi connectivity index (χ1v) is 12.9. The SMILES string of the molecule is O=C([O-])c1ccc(-c2ccc(OCCCCCCCCCCCOCc3ccccc3)cc2)cc1.[K+]. The van der Waals surface area contributed by atoms with E-state index in [1.165, 1.54) is 50.5 Å². The van der Waals surface area contributed by atoms with Gasteiger partial charge in [-0.05, 0) is 47.2 Å². The van der Waals surface area contributed by atoms with Crippen LogP contribution in [0.25, 0.3) is 11.1 Å². The monoisotopic (exact) mass is 512 g/mol. The van der Waals surface area contributed by atoms with Gasteiger partial charge < -0.3 is 19.4 Å². The van der Waals surface area contributed by atoms with Crippen LogP contribution < -0.4 is 61.2 Å². The molecule has 0 fully saturated rings. The molecule has 36 heavy (non-hydrogen) atoms. The first-order valence-electron chi connectivity index (χ1n) is 12.9. The van der Waals surface area contributed by atoms with E-state index in [-0.39, 0.29) is 56.9 Å². The van der Waals surface area contributed by atoms with Gasteiger partial charge in [-0.2, -0.15) is 0 Å². The van der Waals surface area contributed by atoms with E-state index in [4.69, 9.17) is 9.47 Å². The summed E-state index contributed by atoms with van der Waals surface area (Å²) < 4.78 is 11.6. The summed E-state index contributed by atoms with van der Waals surface area (Å²) in [5.74, 6) is -0.288. The van der Waals surface area contributed by atoms with Gasteiger partial charge >= 0.3 is 51.4 Å². The molecule has 0 spiro atoms. The zero-order valence-corrected chi connectivity index (χ0v) is 24.7. The van der Waals surface area contributed by atoms with Crippen molar-refractivity contribution in [1.29, 1.82) is 0 Å². The van der Waals surface area contributed by atoms with Crippen LogP contribution in [0.3, 0.4) is 0 Å². The largest absolute Gasteiger partial charge is 1.00 e. The van der Waals surface area contributed by atoms with Gasteiger partial charge in [-0.3, -0.25) is 0 Å². The van der Waals surface area contributed by atoms with Gasteiger partial charge in [0.1, 0.15) is 5.75 Å². The first-order chi connectivity index (χ1) is 17.2. The van der Waals surface area contributed by atoms with Gasteiger partial charge in [-0.15, -0.1) is 0 Å². The molecule has 0 aliphatic heterocycles. The van der Waals surface area contributed by atoms with Crippen molar-refractivity contribution in [2.24, 2.45) is 0 Å². The Kier molecular flexibility index (Phi) is 16.0. The number of hydrogen-bond donors (Lipinski definition) is 0. The molecular formula is C31H37KO4. The quantitative estimate of drug-likeness (QED) is 0.204. The van der Waals surface area contributed by atoms with Crippen molar-refractivity contribution in [3.63, 3.8) is 0 Å². The third-order valence-electron chi connectivity index (χ3n) is 6.12. The van der Waals surface area contributed by atoms with Crippen LogP contribution in [0.2, 0.25) is 0 Å². The summed E-state index contributed by atoms with van der Waals surface area (Å²) in [4.78, 5) is 10.9. The number of ether oxygens (including phenoxy) is 2. The molecule has 0 aromatic heterocycles. The van der Waals surface area contributed by atoms with E-state index in [0.717, 1.165) is 49.5 Å². The molecule has 4 nitrogen and oxygen atoms in total. The zero-order valence-electron chi connectivity index (χ0n) is 21.6. The second-order valence-electron chi connectivity index (χ2n) is 8.96. The molecule has 0 aliphatic carbocycles. The number of hydrogen-bond acceptors (Lipinski definition) is 4. The van der Waals surface area contributed by atoms with Crippen LogP contribution in [0.4, 0.5) is 0 Å². The summed E-state index contributed by atoms with van der Waals surface area (Å²) in [6, 6.07) is 25.0. The number of carbonyl (C=O) groups is 1. The molecule has 3 rings (SSSR count). The summed E-state index contributed by atoms with van der Waals surface area (Å²) in [6.45, 7) is 2.32. The van der Waals surface area contributed by atoms with Crippen LogP contribution in [-0.2, 0) is 11.3 Å². The number of carboxylic acids is 1. The van der Waals surface area contributed by atoms with E-state index in [1.807, 2.05) is 30.3 Å². The number of carboxylic acid groups (broad SMARTS) is 1. The van der Waals surface area contributed by atoms with E-state index in [0.29, 0.717) is 0 Å². The van der Waals surface area contributed by atoms with Gasteiger partial charge in [0.05, 0.1) is 19.2 Å². The average Bonchev–Trinajstić information content (AvgIpc) is 2.90. The van der Waals surface area contributed by atoms with Crippen molar-refractivity contribution in [1.82, 2.24) is 0 Å². The molecule has 0 radical (unpaired) electrons. The van der Waals surface area contributed by atoms with Crippen molar-refractivity contribution >= 4 is 5.97 Å². The topological polar surface area (TPSA) is 58.6 Å². The third-order valence-corrected chi connectivity index (χ3v) is 6.12. The predicted molar refractivity (Wildman–Crippen MR) is 139 cm³/mol. The molecule has 0 atom stereocenters. The number of carbonyl (C=O) groups excluding carboxylic acids is 1. The Hall–Kier alpha value is -1.47. The average molecular weight is 513 g/mol. The van der Waals surface area contributed by atoms with Crippen molar-refractivity contribution in [2.75, 3.05) is 13.2 Å². The second-order valence-corrected chi connectivity index (χ2v) is 8.96. The Bertz CT molecular complexity index is 972. The van der Waals surface area contributed by atoms with Crippen LogP contribution in [0, 0.1) is 0 Å². The minimum atomic E-state index is -1.16. The number of benzene rings is 3. The number of unbranched alkanes of at least 4 members (excludes halogenated alkanes) is 8. The van der Waals surface area contributed by atoms with Gasteiger partial charge in [-0.1, -0.05) is 112 Å². The predicted octanol–water partition coefficient (Wildman–Crippen LogP) is 3.83. The fourth-order valence-corrected chi connectivity index (χ4v) is 4.04. The molecule has 0 saturated carbocycles. The maximum atomic E-state index is 10.9. The normalized spacial score (nSPS) is 10.6. The summed E-state index contributed by atoms with van der Waals surface area (Å²) in [5.41, 5.74) is 3.44. The van der Waals surface area contributed by atoms with Gasteiger partial charge in [-0.25, -0.2) is 0 Å². The van der Waals surface area contributed by atoms with E-state index in [2.05, 4.69) is 24.3 Å². The van der Waals surface area contributed by atoms with Crippen LogP contribution in [0.1, 0.15) is 73.7 Å². The van der Waals surface area contributed by atoms with Crippen molar-refractivity contribution in [3.8, 4) is 16.9 Å². The first kappa shape index (κ1) is 30.7. The Morgan fingerprint density at radius 3 is 1.67 bits per heavy atom. The van der Waals surface area contributed by atoms with Crippen LogP contribution in [0.15, 0.2) is 78.9 Å². The van der Waals surface area contributed by atoms with Gasteiger partial charge in [0.2, 0.25) is 0 Å². The van der Waals surface area contributed by atoms with Crippen LogP contribution in [0.5, 0.6) is 5.75 Å². The second kappa shape index (κ2) is 18.7.